The zero-order chi connectivity index (χ0) is 14.1. The summed E-state index contributed by atoms with van der Waals surface area (Å²) in [6.45, 7) is 4.26. The normalized spacial score (nSPS) is 10.4. The molecule has 6 heteroatoms. The van der Waals surface area contributed by atoms with Gasteiger partial charge in [0.05, 0.1) is 11.0 Å². The molecule has 1 rings (SSSR count). The first-order valence-electron chi connectivity index (χ1n) is 5.61. The van der Waals surface area contributed by atoms with Crippen LogP contribution >= 0.6 is 0 Å². The molecule has 0 heterocycles. The Bertz CT molecular complexity index is 433. The van der Waals surface area contributed by atoms with Crippen molar-refractivity contribution in [2.24, 2.45) is 5.73 Å². The topological polar surface area (TPSA) is 81.2 Å². The molecule has 1 aromatic rings. The lowest BCUT2D eigenvalue weighted by atomic mass is 10.1. The molecular weight excluding hydrogens is 237 g/mol. The Hall–Kier alpha value is -1.95. The molecule has 0 aliphatic rings. The van der Waals surface area contributed by atoms with E-state index < -0.39 is 10.7 Å². The van der Waals surface area contributed by atoms with E-state index in [2.05, 4.69) is 5.32 Å². The molecule has 100 valence electrons. The van der Waals surface area contributed by atoms with Crippen molar-refractivity contribution in [2.45, 2.75) is 13.8 Å². The monoisotopic (exact) mass is 255 g/mol. The average molecular weight is 255 g/mol. The van der Waals surface area contributed by atoms with Crippen molar-refractivity contribution in [1.29, 1.82) is 0 Å². The lowest BCUT2D eigenvalue weighted by molar-refractivity contribution is -0.385. The van der Waals surface area contributed by atoms with Crippen molar-refractivity contribution < 1.29 is 9.31 Å². The van der Waals surface area contributed by atoms with Gasteiger partial charge in [0.1, 0.15) is 5.82 Å². The van der Waals surface area contributed by atoms with E-state index in [0.29, 0.717) is 11.3 Å². The van der Waals surface area contributed by atoms with Crippen molar-refractivity contribution in [3.8, 4) is 0 Å². The summed E-state index contributed by atoms with van der Waals surface area (Å²) in [6.07, 6.45) is 1.62. The highest BCUT2D eigenvalue weighted by atomic mass is 19.1. The maximum atomic E-state index is 13.1. The van der Waals surface area contributed by atoms with E-state index in [4.69, 9.17) is 5.73 Å². The number of nitrogens with one attached hydrogen (secondary N) is 1. The van der Waals surface area contributed by atoms with Crippen LogP contribution in [0.5, 0.6) is 0 Å². The largest absolute Gasteiger partial charge is 0.388 e. The van der Waals surface area contributed by atoms with Gasteiger partial charge in [0.25, 0.3) is 5.69 Å². The molecule has 0 spiro atoms. The minimum absolute atomic E-state index is 0.264. The highest BCUT2D eigenvalue weighted by Crippen LogP contribution is 2.20. The van der Waals surface area contributed by atoms with Crippen LogP contribution in [-0.2, 0) is 0 Å². The molecule has 0 fully saturated rings. The second kappa shape index (κ2) is 8.19. The Morgan fingerprint density at radius 1 is 1.50 bits per heavy atom. The van der Waals surface area contributed by atoms with Crippen molar-refractivity contribution in [1.82, 2.24) is 5.32 Å². The molecule has 0 amide bonds. The van der Waals surface area contributed by atoms with Gasteiger partial charge in [-0.2, -0.15) is 0 Å². The summed E-state index contributed by atoms with van der Waals surface area (Å²) in [6, 6.07) is 3.38. The predicted octanol–water partition coefficient (Wildman–Crippen LogP) is 2.28. The number of rotatable bonds is 4. The number of hydrogen-bond donors (Lipinski definition) is 2. The van der Waals surface area contributed by atoms with E-state index >= 15 is 0 Å². The lowest BCUT2D eigenvalue weighted by Crippen LogP contribution is -2.08. The average Bonchev–Trinajstić information content (AvgIpc) is 2.37. The molecule has 0 aliphatic carbocycles. The number of nitrogens with two attached hydrogens (primary N) is 1. The van der Waals surface area contributed by atoms with Gasteiger partial charge >= 0.3 is 0 Å². The fourth-order valence-corrected chi connectivity index (χ4v) is 1.32. The van der Waals surface area contributed by atoms with Crippen LogP contribution in [0.4, 0.5) is 10.1 Å². The van der Waals surface area contributed by atoms with E-state index in [0.717, 1.165) is 6.07 Å². The first-order valence-corrected chi connectivity index (χ1v) is 5.61. The van der Waals surface area contributed by atoms with Gasteiger partial charge in [-0.15, -0.1) is 0 Å². The van der Waals surface area contributed by atoms with E-state index in [1.165, 1.54) is 12.1 Å². The molecule has 0 unspecified atom stereocenters. The van der Waals surface area contributed by atoms with Crippen LogP contribution in [0.1, 0.15) is 19.4 Å². The van der Waals surface area contributed by atoms with Gasteiger partial charge in [-0.1, -0.05) is 13.8 Å². The molecule has 5 nitrogen and oxygen atoms in total. The third-order valence-corrected chi connectivity index (χ3v) is 2.00. The first kappa shape index (κ1) is 16.1. The summed E-state index contributed by atoms with van der Waals surface area (Å²) in [5.74, 6) is -0.651. The highest BCUT2D eigenvalue weighted by molar-refractivity contribution is 5.66. The van der Waals surface area contributed by atoms with Gasteiger partial charge in [0.2, 0.25) is 0 Å². The molecule has 3 N–H and O–H groups in total. The summed E-state index contributed by atoms with van der Waals surface area (Å²) in [4.78, 5) is 9.91. The second-order valence-electron chi connectivity index (χ2n) is 3.06. The number of nitrogens with zero attached hydrogens (tertiary/aromatic N) is 1. The quantitative estimate of drug-likeness (QED) is 0.638. The van der Waals surface area contributed by atoms with Crippen molar-refractivity contribution in [3.05, 3.63) is 45.8 Å². The molecule has 0 bridgehead atoms. The van der Waals surface area contributed by atoms with Crippen molar-refractivity contribution in [3.63, 3.8) is 0 Å². The number of nitro benzene ring substituents is 1. The third-order valence-electron chi connectivity index (χ3n) is 2.00. The second-order valence-corrected chi connectivity index (χ2v) is 3.06. The van der Waals surface area contributed by atoms with Crippen LogP contribution in [0.25, 0.3) is 5.70 Å². The summed E-state index contributed by atoms with van der Waals surface area (Å²) >= 11 is 0. The van der Waals surface area contributed by atoms with Gasteiger partial charge in [0.15, 0.2) is 0 Å². The molecule has 0 atom stereocenters. The fourth-order valence-electron chi connectivity index (χ4n) is 1.32. The molecule has 0 aliphatic heterocycles. The van der Waals surface area contributed by atoms with Crippen LogP contribution in [0, 0.1) is 15.9 Å². The number of nitro groups is 1. The van der Waals surface area contributed by atoms with E-state index in [1.54, 1.807) is 13.1 Å². The summed E-state index contributed by atoms with van der Waals surface area (Å²) in [5.41, 5.74) is 6.01. The number of hydrogen-bond acceptors (Lipinski definition) is 4. The number of non-ortho nitro benzene ring substituents is 1. The van der Waals surface area contributed by atoms with Gasteiger partial charge in [0, 0.05) is 30.9 Å². The molecule has 0 radical (unpaired) electrons. The number of benzene rings is 1. The SMILES string of the molecule is CC.CN/C(=C\CN)c1cc(F)cc([N+](=O)[O-])c1. The first-order chi connectivity index (χ1) is 8.58. The maximum absolute atomic E-state index is 13.1. The lowest BCUT2D eigenvalue weighted by Gasteiger charge is -2.06. The van der Waals surface area contributed by atoms with E-state index in [9.17, 15) is 14.5 Å². The Labute approximate surface area is 106 Å². The van der Waals surface area contributed by atoms with Crippen LogP contribution in [0.3, 0.4) is 0 Å². The van der Waals surface area contributed by atoms with E-state index in [-0.39, 0.29) is 12.2 Å². The van der Waals surface area contributed by atoms with Crippen LogP contribution < -0.4 is 11.1 Å². The molecule has 18 heavy (non-hydrogen) atoms. The smallest absolute Gasteiger partial charge is 0.273 e. The zero-order valence-electron chi connectivity index (χ0n) is 10.7. The standard InChI is InChI=1S/C10H12FN3O2.C2H6/c1-13-10(2-3-12)7-4-8(11)6-9(5-7)14(15)16;1-2/h2,4-6,13H,3,12H2,1H3;1-2H3/b10-2-;. The summed E-state index contributed by atoms with van der Waals surface area (Å²) in [5, 5.41) is 13.4. The predicted molar refractivity (Wildman–Crippen MR) is 70.5 cm³/mol. The Balaban J connectivity index is 0.00000137. The minimum Gasteiger partial charge on any atom is -0.388 e. The molecule has 0 saturated heterocycles. The minimum atomic E-state index is -0.651. The molecule has 0 saturated carbocycles. The highest BCUT2D eigenvalue weighted by Gasteiger charge is 2.11. The fraction of sp³-hybridized carbons (Fsp3) is 0.333. The van der Waals surface area contributed by atoms with Crippen LogP contribution in [0.2, 0.25) is 0 Å². The third kappa shape index (κ3) is 4.50. The van der Waals surface area contributed by atoms with Crippen LogP contribution in [0.15, 0.2) is 24.3 Å². The van der Waals surface area contributed by atoms with Crippen LogP contribution in [-0.4, -0.2) is 18.5 Å². The summed E-state index contributed by atoms with van der Waals surface area (Å²) in [7, 11) is 1.64. The Morgan fingerprint density at radius 2 is 2.11 bits per heavy atom. The Kier molecular flexibility index (Phi) is 7.30. The van der Waals surface area contributed by atoms with Gasteiger partial charge < -0.3 is 11.1 Å². The zero-order valence-corrected chi connectivity index (χ0v) is 10.7. The van der Waals surface area contributed by atoms with Gasteiger partial charge in [-0.05, 0) is 12.1 Å². The van der Waals surface area contributed by atoms with Gasteiger partial charge in [-0.3, -0.25) is 10.1 Å². The number of halogens is 1. The van der Waals surface area contributed by atoms with Gasteiger partial charge in [-0.25, -0.2) is 4.39 Å². The summed E-state index contributed by atoms with van der Waals surface area (Å²) < 4.78 is 13.1. The Morgan fingerprint density at radius 3 is 2.56 bits per heavy atom. The van der Waals surface area contributed by atoms with Crippen molar-refractivity contribution >= 4 is 11.4 Å². The van der Waals surface area contributed by atoms with Crippen molar-refractivity contribution in [2.75, 3.05) is 13.6 Å². The maximum Gasteiger partial charge on any atom is 0.273 e. The molecular formula is C12H18FN3O2. The van der Waals surface area contributed by atoms with E-state index in [1.807, 2.05) is 13.8 Å². The molecule has 1 aromatic carbocycles. The molecule has 0 aromatic heterocycles.